The van der Waals surface area contributed by atoms with Crippen LogP contribution in [-0.4, -0.2) is 26.2 Å². The molecule has 2 aliphatic heterocycles. The molecule has 2 aliphatic rings. The third-order valence-electron chi connectivity index (χ3n) is 6.18. The van der Waals surface area contributed by atoms with Gasteiger partial charge in [-0.15, -0.1) is 0 Å². The number of halogens is 1. The normalized spacial score (nSPS) is 24.0. The molecular weight excluding hydrogens is 426 g/mol. The number of amides is 1. The molecule has 3 aromatic carbocycles. The van der Waals surface area contributed by atoms with Crippen LogP contribution in [0.15, 0.2) is 83.0 Å². The van der Waals surface area contributed by atoms with E-state index in [-0.39, 0.29) is 23.9 Å². The van der Waals surface area contributed by atoms with Crippen molar-refractivity contribution < 1.29 is 14.3 Å². The zero-order chi connectivity index (χ0) is 22.2. The second-order valence-electron chi connectivity index (χ2n) is 7.85. The van der Waals surface area contributed by atoms with Gasteiger partial charge in [-0.3, -0.25) is 4.79 Å². The maximum Gasteiger partial charge on any atom is 0.254 e. The largest absolute Gasteiger partial charge is 0.497 e. The summed E-state index contributed by atoms with van der Waals surface area (Å²) >= 11 is 6.12. The van der Waals surface area contributed by atoms with E-state index in [1.54, 1.807) is 31.3 Å². The molecule has 5 rings (SSSR count). The van der Waals surface area contributed by atoms with Crippen molar-refractivity contribution in [1.82, 2.24) is 0 Å². The van der Waals surface area contributed by atoms with E-state index in [9.17, 15) is 4.79 Å². The van der Waals surface area contributed by atoms with Gasteiger partial charge in [0.15, 0.2) is 6.04 Å². The van der Waals surface area contributed by atoms with Gasteiger partial charge >= 0.3 is 0 Å². The Balaban J connectivity index is 1.69. The average Bonchev–Trinajstić information content (AvgIpc) is 3.39. The molecule has 1 amide bonds. The number of hydrogen-bond acceptors (Lipinski definition) is 5. The number of carbonyl (C=O) groups is 1. The molecule has 32 heavy (non-hydrogen) atoms. The van der Waals surface area contributed by atoms with E-state index in [0.717, 1.165) is 16.8 Å². The van der Waals surface area contributed by atoms with Crippen LogP contribution in [0.1, 0.15) is 23.2 Å². The van der Waals surface area contributed by atoms with E-state index in [1.165, 1.54) is 0 Å². The molecule has 2 heterocycles. The Kier molecular flexibility index (Phi) is 5.31. The molecule has 0 spiro atoms. The van der Waals surface area contributed by atoms with Crippen LogP contribution < -0.4 is 14.4 Å². The fraction of sp³-hybridized carbons (Fsp3) is 0.240. The maximum absolute atomic E-state index is 13.7. The highest BCUT2D eigenvalue weighted by molar-refractivity contribution is 6.30. The summed E-state index contributed by atoms with van der Waals surface area (Å²) in [4.78, 5) is 15.5. The summed E-state index contributed by atoms with van der Waals surface area (Å²) in [5.41, 5.74) is 2.64. The van der Waals surface area contributed by atoms with Crippen LogP contribution in [-0.2, 0) is 4.79 Å². The van der Waals surface area contributed by atoms with Crippen LogP contribution in [0.25, 0.3) is 0 Å². The van der Waals surface area contributed by atoms with E-state index < -0.39 is 6.04 Å². The number of hydrogen-bond donors (Lipinski definition) is 0. The van der Waals surface area contributed by atoms with Gasteiger partial charge < -0.3 is 14.4 Å². The lowest BCUT2D eigenvalue weighted by Crippen LogP contribution is -2.31. The topological polar surface area (TPSA) is 63.5 Å². The van der Waals surface area contributed by atoms with Crippen molar-refractivity contribution in [3.8, 4) is 11.5 Å². The first-order valence-corrected chi connectivity index (χ1v) is 10.8. The van der Waals surface area contributed by atoms with Crippen molar-refractivity contribution >= 4 is 23.2 Å². The summed E-state index contributed by atoms with van der Waals surface area (Å²) in [7, 11) is 3.25. The minimum atomic E-state index is -0.572. The molecule has 0 aliphatic carbocycles. The Bertz CT molecular complexity index is 1170. The van der Waals surface area contributed by atoms with E-state index >= 15 is 0 Å². The Morgan fingerprint density at radius 2 is 1.59 bits per heavy atom. The van der Waals surface area contributed by atoms with Crippen LogP contribution in [0.5, 0.6) is 11.5 Å². The quantitative estimate of drug-likeness (QED) is 0.508. The second kappa shape index (κ2) is 8.28. The zero-order valence-corrected chi connectivity index (χ0v) is 18.4. The summed E-state index contributed by atoms with van der Waals surface area (Å²) < 4.78 is 11.2. The zero-order valence-electron chi connectivity index (χ0n) is 17.7. The number of ether oxygens (including phenoxy) is 2. The fourth-order valence-corrected chi connectivity index (χ4v) is 4.85. The number of nitrogens with zero attached hydrogens (tertiary/aromatic N) is 3. The average molecular weight is 448 g/mol. The molecule has 0 bridgehead atoms. The monoisotopic (exact) mass is 447 g/mol. The summed E-state index contributed by atoms with van der Waals surface area (Å²) in [5, 5.41) is 9.59. The third kappa shape index (κ3) is 3.31. The lowest BCUT2D eigenvalue weighted by molar-refractivity contribution is -0.118. The minimum absolute atomic E-state index is 0.0885. The molecule has 0 aromatic heterocycles. The summed E-state index contributed by atoms with van der Waals surface area (Å²) in [6.45, 7) is 0. The number of anilines is 1. The third-order valence-corrected chi connectivity index (χ3v) is 6.43. The molecule has 3 aromatic rings. The van der Waals surface area contributed by atoms with Crippen LogP contribution in [0.2, 0.25) is 5.02 Å². The molecule has 7 heteroatoms. The summed E-state index contributed by atoms with van der Waals surface area (Å²) in [6, 6.07) is 21.8. The SMILES string of the molecule is COc1ccc(OC)c(C2C3C(N=NC3c3ccccc3)C(=O)N2c2ccc(Cl)cc2)c1. The standard InChI is InChI=1S/C25H22ClN3O3/c1-31-18-12-13-20(32-2)19(14-18)24-21-22(15-6-4-3-5-7-15)27-28-23(21)25(30)29(24)17-10-8-16(26)9-11-17/h3-14,21-24H,1-2H3. The van der Waals surface area contributed by atoms with Gasteiger partial charge in [0.2, 0.25) is 0 Å². The number of benzene rings is 3. The predicted molar refractivity (Wildman–Crippen MR) is 123 cm³/mol. The van der Waals surface area contributed by atoms with E-state index in [2.05, 4.69) is 10.2 Å². The van der Waals surface area contributed by atoms with Crippen LogP contribution in [0.3, 0.4) is 0 Å². The first kappa shape index (κ1) is 20.5. The Morgan fingerprint density at radius 3 is 2.28 bits per heavy atom. The van der Waals surface area contributed by atoms with Gasteiger partial charge in [-0.2, -0.15) is 10.2 Å². The van der Waals surface area contributed by atoms with Crippen molar-refractivity contribution in [2.75, 3.05) is 19.1 Å². The van der Waals surface area contributed by atoms with Gasteiger partial charge in [0.05, 0.1) is 20.3 Å². The Labute approximate surface area is 191 Å². The molecule has 4 atom stereocenters. The van der Waals surface area contributed by atoms with Gasteiger partial charge in [-0.05, 0) is 48.0 Å². The van der Waals surface area contributed by atoms with Gasteiger partial charge in [-0.1, -0.05) is 41.9 Å². The first-order chi connectivity index (χ1) is 15.6. The molecule has 4 unspecified atom stereocenters. The lowest BCUT2D eigenvalue weighted by atomic mass is 9.82. The van der Waals surface area contributed by atoms with Gasteiger partial charge in [0.1, 0.15) is 17.5 Å². The molecule has 0 N–H and O–H groups in total. The second-order valence-corrected chi connectivity index (χ2v) is 8.28. The van der Waals surface area contributed by atoms with Crippen molar-refractivity contribution in [3.63, 3.8) is 0 Å². The molecule has 6 nitrogen and oxygen atoms in total. The first-order valence-electron chi connectivity index (χ1n) is 10.4. The van der Waals surface area contributed by atoms with E-state index in [0.29, 0.717) is 16.5 Å². The number of rotatable bonds is 5. The molecular formula is C25H22ClN3O3. The maximum atomic E-state index is 13.7. The molecule has 0 saturated carbocycles. The van der Waals surface area contributed by atoms with E-state index in [1.807, 2.05) is 60.7 Å². The highest BCUT2D eigenvalue weighted by Crippen LogP contribution is 2.54. The van der Waals surface area contributed by atoms with Crippen molar-refractivity contribution in [3.05, 3.63) is 88.9 Å². The Morgan fingerprint density at radius 1 is 0.875 bits per heavy atom. The van der Waals surface area contributed by atoms with Crippen LogP contribution in [0.4, 0.5) is 5.69 Å². The minimum Gasteiger partial charge on any atom is -0.497 e. The van der Waals surface area contributed by atoms with Gasteiger partial charge in [0, 0.05) is 22.2 Å². The van der Waals surface area contributed by atoms with Gasteiger partial charge in [0.25, 0.3) is 5.91 Å². The predicted octanol–water partition coefficient (Wildman–Crippen LogP) is 5.64. The number of carbonyl (C=O) groups excluding carboxylic acids is 1. The van der Waals surface area contributed by atoms with Crippen LogP contribution in [0, 0.1) is 5.92 Å². The smallest absolute Gasteiger partial charge is 0.254 e. The van der Waals surface area contributed by atoms with Gasteiger partial charge in [-0.25, -0.2) is 0 Å². The molecule has 0 radical (unpaired) electrons. The molecule has 1 fully saturated rings. The highest BCUT2D eigenvalue weighted by Gasteiger charge is 2.56. The van der Waals surface area contributed by atoms with Crippen molar-refractivity contribution in [2.24, 2.45) is 16.1 Å². The van der Waals surface area contributed by atoms with Crippen LogP contribution >= 0.6 is 11.6 Å². The van der Waals surface area contributed by atoms with Crippen molar-refractivity contribution in [2.45, 2.75) is 18.1 Å². The Hall–Kier alpha value is -3.38. The molecule has 1 saturated heterocycles. The molecule has 162 valence electrons. The lowest BCUT2D eigenvalue weighted by Gasteiger charge is -2.31. The van der Waals surface area contributed by atoms with E-state index in [4.69, 9.17) is 21.1 Å². The number of methoxy groups -OCH3 is 2. The summed E-state index contributed by atoms with van der Waals surface area (Å²) in [6.07, 6.45) is 0. The highest BCUT2D eigenvalue weighted by atomic mass is 35.5. The number of azo groups is 1. The fourth-order valence-electron chi connectivity index (χ4n) is 4.73. The number of fused-ring (bicyclic) bond motifs is 1. The van der Waals surface area contributed by atoms with Crippen molar-refractivity contribution in [1.29, 1.82) is 0 Å². The summed E-state index contributed by atoms with van der Waals surface area (Å²) in [5.74, 6) is 1.09.